The second-order valence-corrected chi connectivity index (χ2v) is 6.10. The summed E-state index contributed by atoms with van der Waals surface area (Å²) in [5.74, 6) is 0. The fourth-order valence-electron chi connectivity index (χ4n) is 2.88. The molecule has 0 heterocycles. The van der Waals surface area contributed by atoms with E-state index in [0.717, 1.165) is 0 Å². The van der Waals surface area contributed by atoms with Crippen molar-refractivity contribution >= 4 is 0 Å². The van der Waals surface area contributed by atoms with Crippen LogP contribution in [0.4, 0.5) is 0 Å². The molecule has 1 aromatic carbocycles. The number of aryl methyl sites for hydroxylation is 2. The van der Waals surface area contributed by atoms with Gasteiger partial charge in [0.15, 0.2) is 0 Å². The Kier molecular flexibility index (Phi) is 10.4. The lowest BCUT2D eigenvalue weighted by Crippen LogP contribution is -1.95. The Balaban J connectivity index is 2.21. The van der Waals surface area contributed by atoms with Crippen LogP contribution in [0.25, 0.3) is 0 Å². The maximum atomic E-state index is 2.35. The summed E-state index contributed by atoms with van der Waals surface area (Å²) in [4.78, 5) is 0. The minimum absolute atomic E-state index is 1.28. The first-order chi connectivity index (χ1) is 9.88. The van der Waals surface area contributed by atoms with Crippen LogP contribution in [0.2, 0.25) is 0 Å². The number of hydrogen-bond acceptors (Lipinski definition) is 0. The van der Waals surface area contributed by atoms with Crippen molar-refractivity contribution in [3.63, 3.8) is 0 Å². The first kappa shape index (κ1) is 17.3. The van der Waals surface area contributed by atoms with Crippen LogP contribution in [0.15, 0.2) is 24.3 Å². The molecule has 20 heavy (non-hydrogen) atoms. The van der Waals surface area contributed by atoms with Crippen LogP contribution in [0.1, 0.15) is 89.2 Å². The van der Waals surface area contributed by atoms with E-state index in [1.165, 1.54) is 77.0 Å². The predicted molar refractivity (Wildman–Crippen MR) is 91.4 cm³/mol. The fourth-order valence-corrected chi connectivity index (χ4v) is 2.88. The molecule has 0 spiro atoms. The van der Waals surface area contributed by atoms with Crippen molar-refractivity contribution < 1.29 is 0 Å². The molecule has 0 fully saturated rings. The van der Waals surface area contributed by atoms with Gasteiger partial charge < -0.3 is 0 Å². The van der Waals surface area contributed by atoms with Gasteiger partial charge >= 0.3 is 0 Å². The highest BCUT2D eigenvalue weighted by Crippen LogP contribution is 2.16. The standard InChI is InChI=1S/C20H34/c1-3-5-7-8-9-10-12-16-20-18-14-13-17-19(20)15-11-6-4-2/h13-14,17-18H,3-12,15-16H2,1-2H3. The molecule has 0 radical (unpaired) electrons. The third-order valence-electron chi connectivity index (χ3n) is 4.22. The van der Waals surface area contributed by atoms with E-state index in [4.69, 9.17) is 0 Å². The maximum absolute atomic E-state index is 2.35. The molecule has 0 aromatic heterocycles. The largest absolute Gasteiger partial charge is 0.0654 e. The monoisotopic (exact) mass is 274 g/mol. The molecule has 1 rings (SSSR count). The summed E-state index contributed by atoms with van der Waals surface area (Å²) in [6.45, 7) is 4.57. The molecule has 0 heteroatoms. The average Bonchev–Trinajstić information content (AvgIpc) is 2.48. The summed E-state index contributed by atoms with van der Waals surface area (Å²) in [7, 11) is 0. The van der Waals surface area contributed by atoms with Crippen molar-refractivity contribution in [2.45, 2.75) is 90.9 Å². The summed E-state index contributed by atoms with van der Waals surface area (Å²) in [5, 5.41) is 0. The van der Waals surface area contributed by atoms with Crippen molar-refractivity contribution in [3.8, 4) is 0 Å². The van der Waals surface area contributed by atoms with E-state index in [9.17, 15) is 0 Å². The van der Waals surface area contributed by atoms with Crippen molar-refractivity contribution in [3.05, 3.63) is 35.4 Å². The molecule has 0 aliphatic carbocycles. The zero-order chi connectivity index (χ0) is 14.5. The summed E-state index contributed by atoms with van der Waals surface area (Å²) in [6, 6.07) is 9.10. The van der Waals surface area contributed by atoms with Crippen LogP contribution in [-0.2, 0) is 12.8 Å². The lowest BCUT2D eigenvalue weighted by Gasteiger charge is -2.09. The van der Waals surface area contributed by atoms with Crippen molar-refractivity contribution in [1.29, 1.82) is 0 Å². The van der Waals surface area contributed by atoms with Crippen LogP contribution < -0.4 is 0 Å². The van der Waals surface area contributed by atoms with Crippen LogP contribution in [0.5, 0.6) is 0 Å². The highest BCUT2D eigenvalue weighted by Gasteiger charge is 2.01. The zero-order valence-electron chi connectivity index (χ0n) is 13.8. The first-order valence-corrected chi connectivity index (χ1v) is 8.95. The first-order valence-electron chi connectivity index (χ1n) is 8.95. The number of rotatable bonds is 12. The smallest absolute Gasteiger partial charge is 0.0276 e. The minimum Gasteiger partial charge on any atom is -0.0654 e. The lowest BCUT2D eigenvalue weighted by molar-refractivity contribution is 0.588. The second-order valence-electron chi connectivity index (χ2n) is 6.10. The van der Waals surface area contributed by atoms with E-state index in [2.05, 4.69) is 38.1 Å². The zero-order valence-corrected chi connectivity index (χ0v) is 13.8. The molecule has 0 unspecified atom stereocenters. The Morgan fingerprint density at radius 1 is 0.550 bits per heavy atom. The molecular weight excluding hydrogens is 240 g/mol. The summed E-state index contributed by atoms with van der Waals surface area (Å²) >= 11 is 0. The van der Waals surface area contributed by atoms with E-state index >= 15 is 0 Å². The van der Waals surface area contributed by atoms with Gasteiger partial charge in [-0.05, 0) is 36.8 Å². The normalized spacial score (nSPS) is 10.9. The predicted octanol–water partition coefficient (Wildman–Crippen LogP) is 6.71. The second kappa shape index (κ2) is 12.0. The third kappa shape index (κ3) is 7.72. The van der Waals surface area contributed by atoms with Gasteiger partial charge in [0.25, 0.3) is 0 Å². The van der Waals surface area contributed by atoms with E-state index in [1.807, 2.05) is 0 Å². The topological polar surface area (TPSA) is 0 Å². The van der Waals surface area contributed by atoms with E-state index in [1.54, 1.807) is 11.1 Å². The Hall–Kier alpha value is -0.780. The number of unbranched alkanes of at least 4 members (excludes halogenated alkanes) is 8. The molecule has 0 atom stereocenters. The fraction of sp³-hybridized carbons (Fsp3) is 0.700. The molecule has 1 aromatic rings. The average molecular weight is 274 g/mol. The van der Waals surface area contributed by atoms with Crippen LogP contribution in [0.3, 0.4) is 0 Å². The summed E-state index contributed by atoms with van der Waals surface area (Å²) in [5.41, 5.74) is 3.21. The SMILES string of the molecule is CCCCCCCCCc1ccccc1CCCCC. The van der Waals surface area contributed by atoms with Crippen LogP contribution in [0, 0.1) is 0 Å². The molecule has 0 N–H and O–H groups in total. The molecule has 0 aliphatic rings. The van der Waals surface area contributed by atoms with Gasteiger partial charge in [0.2, 0.25) is 0 Å². The minimum atomic E-state index is 1.28. The molecule has 0 nitrogen and oxygen atoms in total. The molecule has 0 bridgehead atoms. The van der Waals surface area contributed by atoms with E-state index in [-0.39, 0.29) is 0 Å². The van der Waals surface area contributed by atoms with Gasteiger partial charge in [0, 0.05) is 0 Å². The summed E-state index contributed by atoms with van der Waals surface area (Å²) in [6.07, 6.45) is 16.5. The van der Waals surface area contributed by atoms with Gasteiger partial charge in [-0.2, -0.15) is 0 Å². The highest BCUT2D eigenvalue weighted by molar-refractivity contribution is 5.27. The molecule has 114 valence electrons. The van der Waals surface area contributed by atoms with Crippen LogP contribution in [-0.4, -0.2) is 0 Å². The quantitative estimate of drug-likeness (QED) is 0.371. The van der Waals surface area contributed by atoms with E-state index in [0.29, 0.717) is 0 Å². The van der Waals surface area contributed by atoms with Gasteiger partial charge in [-0.3, -0.25) is 0 Å². The summed E-state index contributed by atoms with van der Waals surface area (Å²) < 4.78 is 0. The van der Waals surface area contributed by atoms with Gasteiger partial charge in [0.1, 0.15) is 0 Å². The van der Waals surface area contributed by atoms with Gasteiger partial charge in [-0.15, -0.1) is 0 Å². The van der Waals surface area contributed by atoms with Gasteiger partial charge in [0.05, 0.1) is 0 Å². The highest BCUT2D eigenvalue weighted by atomic mass is 14.1. The van der Waals surface area contributed by atoms with E-state index < -0.39 is 0 Å². The van der Waals surface area contributed by atoms with Crippen molar-refractivity contribution in [1.82, 2.24) is 0 Å². The number of hydrogen-bond donors (Lipinski definition) is 0. The molecule has 0 saturated heterocycles. The molecule has 0 amide bonds. The Labute approximate surface area is 127 Å². The Morgan fingerprint density at radius 2 is 0.950 bits per heavy atom. The molecule has 0 aliphatic heterocycles. The molecular formula is C20H34. The van der Waals surface area contributed by atoms with Gasteiger partial charge in [-0.25, -0.2) is 0 Å². The Bertz CT molecular complexity index is 327. The maximum Gasteiger partial charge on any atom is -0.0276 e. The van der Waals surface area contributed by atoms with Crippen molar-refractivity contribution in [2.24, 2.45) is 0 Å². The number of benzene rings is 1. The lowest BCUT2D eigenvalue weighted by atomic mass is 9.97. The van der Waals surface area contributed by atoms with Gasteiger partial charge in [-0.1, -0.05) is 89.5 Å². The third-order valence-corrected chi connectivity index (χ3v) is 4.22. The van der Waals surface area contributed by atoms with Crippen LogP contribution >= 0.6 is 0 Å². The molecule has 0 saturated carbocycles. The Morgan fingerprint density at radius 3 is 1.50 bits per heavy atom. The van der Waals surface area contributed by atoms with Crippen molar-refractivity contribution in [2.75, 3.05) is 0 Å².